The fraction of sp³-hybridized carbons (Fsp3) is 0.647. The van der Waals surface area contributed by atoms with Gasteiger partial charge in [0.2, 0.25) is 0 Å². The summed E-state index contributed by atoms with van der Waals surface area (Å²) >= 11 is 0. The highest BCUT2D eigenvalue weighted by Gasteiger charge is 2.23. The first-order valence-corrected chi connectivity index (χ1v) is 7.71. The summed E-state index contributed by atoms with van der Waals surface area (Å²) in [6.07, 6.45) is 8.11. The Morgan fingerprint density at radius 1 is 1.10 bits per heavy atom. The van der Waals surface area contributed by atoms with Gasteiger partial charge in [0.1, 0.15) is 5.75 Å². The molecule has 0 aromatic heterocycles. The van der Waals surface area contributed by atoms with Gasteiger partial charge in [0.15, 0.2) is 0 Å². The van der Waals surface area contributed by atoms with Crippen LogP contribution in [0.5, 0.6) is 5.75 Å². The van der Waals surface area contributed by atoms with Crippen LogP contribution in [0.4, 0.5) is 0 Å². The van der Waals surface area contributed by atoms with Crippen LogP contribution in [-0.4, -0.2) is 22.1 Å². The zero-order chi connectivity index (χ0) is 13.7. The van der Waals surface area contributed by atoms with Crippen LogP contribution in [0.15, 0.2) is 24.3 Å². The van der Waals surface area contributed by atoms with Crippen molar-refractivity contribution in [3.63, 3.8) is 0 Å². The van der Waals surface area contributed by atoms with Gasteiger partial charge in [0, 0.05) is 24.2 Å². The van der Waals surface area contributed by atoms with E-state index in [1.807, 2.05) is 18.2 Å². The molecule has 1 N–H and O–H groups in total. The third-order valence-corrected chi connectivity index (χ3v) is 4.30. The summed E-state index contributed by atoms with van der Waals surface area (Å²) in [7, 11) is 0. The lowest BCUT2D eigenvalue weighted by Crippen LogP contribution is -2.39. The van der Waals surface area contributed by atoms with E-state index in [0.29, 0.717) is 17.8 Å². The van der Waals surface area contributed by atoms with Crippen molar-refractivity contribution < 1.29 is 5.11 Å². The molecule has 1 fully saturated rings. The Balaban J connectivity index is 0.00000200. The lowest BCUT2D eigenvalue weighted by molar-refractivity contribution is 0.129. The van der Waals surface area contributed by atoms with Gasteiger partial charge in [0.05, 0.1) is 0 Å². The summed E-state index contributed by atoms with van der Waals surface area (Å²) in [6.45, 7) is 5.41. The van der Waals surface area contributed by atoms with E-state index in [0.717, 1.165) is 12.1 Å². The number of phenols is 1. The molecule has 1 saturated carbocycles. The Morgan fingerprint density at radius 3 is 2.25 bits per heavy atom. The van der Waals surface area contributed by atoms with Crippen LogP contribution < -0.4 is 0 Å². The molecule has 2 nitrogen and oxygen atoms in total. The molecule has 3 heteroatoms. The van der Waals surface area contributed by atoms with Gasteiger partial charge in [-0.1, -0.05) is 43.9 Å². The highest BCUT2D eigenvalue weighted by atomic mass is 35.5. The van der Waals surface area contributed by atoms with Crippen molar-refractivity contribution in [2.45, 2.75) is 71.0 Å². The van der Waals surface area contributed by atoms with Crippen LogP contribution in [-0.2, 0) is 6.54 Å². The molecule has 1 aliphatic rings. The standard InChI is InChI=1S/C17H27NO.ClH/c1-14(2)18(16-10-5-3-4-6-11-16)13-15-9-7-8-12-17(15)19;/h7-9,12,14,16,19H,3-6,10-11,13H2,1-2H3;1H. The van der Waals surface area contributed by atoms with Crippen LogP contribution in [0.1, 0.15) is 57.9 Å². The van der Waals surface area contributed by atoms with Crippen molar-refractivity contribution in [1.29, 1.82) is 0 Å². The lowest BCUT2D eigenvalue weighted by atomic mass is 10.0. The summed E-state index contributed by atoms with van der Waals surface area (Å²) in [5.41, 5.74) is 1.06. The largest absolute Gasteiger partial charge is 0.508 e. The molecular weight excluding hydrogens is 270 g/mol. The van der Waals surface area contributed by atoms with E-state index >= 15 is 0 Å². The van der Waals surface area contributed by atoms with Gasteiger partial charge in [-0.25, -0.2) is 0 Å². The van der Waals surface area contributed by atoms with E-state index in [9.17, 15) is 5.11 Å². The minimum absolute atomic E-state index is 0. The summed E-state index contributed by atoms with van der Waals surface area (Å²) in [5.74, 6) is 0.432. The molecule has 0 atom stereocenters. The van der Waals surface area contributed by atoms with Crippen molar-refractivity contribution in [2.75, 3.05) is 0 Å². The first-order valence-electron chi connectivity index (χ1n) is 7.71. The SMILES string of the molecule is CC(C)N(Cc1ccccc1O)C1CCCCCC1.Cl. The Hall–Kier alpha value is -0.730. The summed E-state index contributed by atoms with van der Waals surface area (Å²) in [6, 6.07) is 8.96. The highest BCUT2D eigenvalue weighted by Crippen LogP contribution is 2.27. The number of aromatic hydroxyl groups is 1. The number of nitrogens with zero attached hydrogens (tertiary/aromatic N) is 1. The van der Waals surface area contributed by atoms with Crippen molar-refractivity contribution in [3.8, 4) is 5.75 Å². The molecule has 0 spiro atoms. The molecule has 114 valence electrons. The minimum atomic E-state index is 0. The molecule has 0 radical (unpaired) electrons. The second-order valence-corrected chi connectivity index (χ2v) is 6.04. The van der Waals surface area contributed by atoms with Crippen molar-refractivity contribution >= 4 is 12.4 Å². The Labute approximate surface area is 129 Å². The van der Waals surface area contributed by atoms with E-state index in [1.54, 1.807) is 6.07 Å². The Morgan fingerprint density at radius 2 is 1.70 bits per heavy atom. The van der Waals surface area contributed by atoms with Crippen LogP contribution in [0.25, 0.3) is 0 Å². The number of hydrogen-bond donors (Lipinski definition) is 1. The monoisotopic (exact) mass is 297 g/mol. The molecule has 0 heterocycles. The number of benzene rings is 1. The van der Waals surface area contributed by atoms with Gasteiger partial charge >= 0.3 is 0 Å². The fourth-order valence-electron chi connectivity index (χ4n) is 3.16. The first-order chi connectivity index (χ1) is 9.18. The third kappa shape index (κ3) is 4.68. The average molecular weight is 298 g/mol. The zero-order valence-corrected chi connectivity index (χ0v) is 13.5. The van der Waals surface area contributed by atoms with Crippen LogP contribution >= 0.6 is 12.4 Å². The van der Waals surface area contributed by atoms with Gasteiger partial charge in [-0.05, 0) is 32.8 Å². The normalized spacial score (nSPS) is 17.0. The van der Waals surface area contributed by atoms with E-state index < -0.39 is 0 Å². The molecule has 0 unspecified atom stereocenters. The number of rotatable bonds is 4. The fourth-order valence-corrected chi connectivity index (χ4v) is 3.16. The molecule has 1 aliphatic carbocycles. The highest BCUT2D eigenvalue weighted by molar-refractivity contribution is 5.85. The van der Waals surface area contributed by atoms with Crippen LogP contribution in [0.3, 0.4) is 0 Å². The molecule has 1 aromatic rings. The second-order valence-electron chi connectivity index (χ2n) is 6.04. The van der Waals surface area contributed by atoms with E-state index in [-0.39, 0.29) is 12.4 Å². The van der Waals surface area contributed by atoms with Crippen molar-refractivity contribution in [1.82, 2.24) is 4.90 Å². The number of halogens is 1. The quantitative estimate of drug-likeness (QED) is 0.811. The maximum Gasteiger partial charge on any atom is 0.120 e. The number of para-hydroxylation sites is 1. The van der Waals surface area contributed by atoms with E-state index in [4.69, 9.17) is 0 Å². The average Bonchev–Trinajstić information content (AvgIpc) is 2.66. The molecule has 0 aliphatic heterocycles. The molecule has 2 rings (SSSR count). The summed E-state index contributed by atoms with van der Waals surface area (Å²) in [5, 5.41) is 9.97. The van der Waals surface area contributed by atoms with Gasteiger partial charge < -0.3 is 5.11 Å². The van der Waals surface area contributed by atoms with E-state index in [1.165, 1.54) is 38.5 Å². The molecular formula is C17H28ClNO. The maximum atomic E-state index is 9.97. The predicted molar refractivity (Wildman–Crippen MR) is 87.5 cm³/mol. The number of phenolic OH excluding ortho intramolecular Hbond substituents is 1. The van der Waals surface area contributed by atoms with Gasteiger partial charge in [-0.15, -0.1) is 12.4 Å². The zero-order valence-electron chi connectivity index (χ0n) is 12.7. The van der Waals surface area contributed by atoms with Crippen molar-refractivity contribution in [2.24, 2.45) is 0 Å². The Kier molecular flexibility index (Phi) is 7.39. The predicted octanol–water partition coefficient (Wildman–Crippen LogP) is 4.75. The van der Waals surface area contributed by atoms with Crippen LogP contribution in [0.2, 0.25) is 0 Å². The summed E-state index contributed by atoms with van der Waals surface area (Å²) < 4.78 is 0. The molecule has 20 heavy (non-hydrogen) atoms. The molecule has 0 saturated heterocycles. The third-order valence-electron chi connectivity index (χ3n) is 4.30. The minimum Gasteiger partial charge on any atom is -0.508 e. The van der Waals surface area contributed by atoms with Gasteiger partial charge in [-0.2, -0.15) is 0 Å². The molecule has 0 amide bonds. The van der Waals surface area contributed by atoms with E-state index in [2.05, 4.69) is 18.7 Å². The molecule has 1 aromatic carbocycles. The molecule has 0 bridgehead atoms. The first kappa shape index (κ1) is 17.3. The number of hydrogen-bond acceptors (Lipinski definition) is 2. The second kappa shape index (κ2) is 8.53. The van der Waals surface area contributed by atoms with Gasteiger partial charge in [0.25, 0.3) is 0 Å². The van der Waals surface area contributed by atoms with Crippen LogP contribution in [0, 0.1) is 0 Å². The summed E-state index contributed by atoms with van der Waals surface area (Å²) in [4.78, 5) is 2.57. The lowest BCUT2D eigenvalue weighted by Gasteiger charge is -2.34. The Bertz CT molecular complexity index is 386. The maximum absolute atomic E-state index is 9.97. The van der Waals surface area contributed by atoms with Crippen molar-refractivity contribution in [3.05, 3.63) is 29.8 Å². The topological polar surface area (TPSA) is 23.5 Å². The van der Waals surface area contributed by atoms with Gasteiger partial charge in [-0.3, -0.25) is 4.90 Å². The smallest absolute Gasteiger partial charge is 0.120 e.